The molecule has 34 heavy (non-hydrogen) atoms. The lowest BCUT2D eigenvalue weighted by molar-refractivity contribution is -0.274. The van der Waals surface area contributed by atoms with E-state index < -0.39 is 18.0 Å². The average Bonchev–Trinajstić information content (AvgIpc) is 3.22. The van der Waals surface area contributed by atoms with Crippen molar-refractivity contribution >= 4 is 28.4 Å². The number of nitrogens with zero attached hydrogens (tertiary/aromatic N) is 2. The number of carbonyl (C=O) groups excluding carboxylic acids is 2. The summed E-state index contributed by atoms with van der Waals surface area (Å²) in [6.45, 7) is 0. The third-order valence-corrected chi connectivity index (χ3v) is 4.52. The molecule has 2 amide bonds. The summed E-state index contributed by atoms with van der Waals surface area (Å²) in [5, 5.41) is 11.8. The van der Waals surface area contributed by atoms with Gasteiger partial charge >= 0.3 is 6.36 Å². The number of aromatic amines is 1. The summed E-state index contributed by atoms with van der Waals surface area (Å²) in [6, 6.07) is 12.9. The van der Waals surface area contributed by atoms with E-state index in [0.717, 1.165) is 12.1 Å². The molecule has 9 nitrogen and oxygen atoms in total. The molecule has 0 aliphatic heterocycles. The molecular formula is C22H16F3N5O4. The molecule has 0 atom stereocenters. The van der Waals surface area contributed by atoms with Crippen LogP contribution in [-0.2, 0) is 0 Å². The lowest BCUT2D eigenvalue weighted by atomic mass is 10.2. The highest BCUT2D eigenvalue weighted by Gasteiger charge is 2.31. The van der Waals surface area contributed by atoms with Gasteiger partial charge in [0.15, 0.2) is 5.69 Å². The Hall–Kier alpha value is -4.61. The third kappa shape index (κ3) is 5.23. The minimum absolute atomic E-state index is 0.0959. The normalized spacial score (nSPS) is 11.2. The highest BCUT2D eigenvalue weighted by Crippen LogP contribution is 2.28. The molecule has 4 aromatic rings. The van der Waals surface area contributed by atoms with Gasteiger partial charge in [-0.05, 0) is 48.5 Å². The summed E-state index contributed by atoms with van der Waals surface area (Å²) >= 11 is 0. The summed E-state index contributed by atoms with van der Waals surface area (Å²) in [5.41, 5.74) is 0.870. The Kier molecular flexibility index (Phi) is 6.04. The van der Waals surface area contributed by atoms with Crippen LogP contribution in [0.5, 0.6) is 17.2 Å². The van der Waals surface area contributed by atoms with E-state index in [0.29, 0.717) is 22.7 Å². The topological polar surface area (TPSA) is 118 Å². The van der Waals surface area contributed by atoms with Gasteiger partial charge in [0, 0.05) is 30.4 Å². The van der Waals surface area contributed by atoms with Gasteiger partial charge in [0.25, 0.3) is 11.8 Å². The van der Waals surface area contributed by atoms with Crippen molar-refractivity contribution in [2.45, 2.75) is 6.36 Å². The second kappa shape index (κ2) is 9.10. The van der Waals surface area contributed by atoms with Crippen molar-refractivity contribution in [1.29, 1.82) is 0 Å². The molecule has 0 spiro atoms. The number of nitrogens with one attached hydrogen (secondary N) is 3. The summed E-state index contributed by atoms with van der Waals surface area (Å²) in [7, 11) is 1.49. The molecule has 0 saturated carbocycles. The number of carbonyl (C=O) groups is 2. The minimum atomic E-state index is -4.86. The number of aromatic nitrogens is 3. The lowest BCUT2D eigenvalue weighted by Gasteiger charge is -2.09. The highest BCUT2D eigenvalue weighted by molar-refractivity contribution is 6.11. The van der Waals surface area contributed by atoms with Gasteiger partial charge < -0.3 is 20.1 Å². The van der Waals surface area contributed by atoms with Crippen LogP contribution in [-0.4, -0.2) is 40.4 Å². The number of ether oxygens (including phenoxy) is 2. The fourth-order valence-corrected chi connectivity index (χ4v) is 3.02. The predicted octanol–water partition coefficient (Wildman–Crippen LogP) is 4.26. The molecule has 0 radical (unpaired) electrons. The molecule has 0 bridgehead atoms. The van der Waals surface area contributed by atoms with E-state index in [2.05, 4.69) is 30.6 Å². The Labute approximate surface area is 189 Å². The van der Waals surface area contributed by atoms with Crippen LogP contribution in [0.15, 0.2) is 60.8 Å². The molecule has 0 aliphatic carbocycles. The van der Waals surface area contributed by atoms with Crippen molar-refractivity contribution in [2.24, 2.45) is 0 Å². The second-order valence-corrected chi connectivity index (χ2v) is 6.86. The Bertz CT molecular complexity index is 1350. The van der Waals surface area contributed by atoms with Crippen molar-refractivity contribution in [2.75, 3.05) is 12.4 Å². The molecule has 12 heteroatoms. The van der Waals surface area contributed by atoms with Crippen LogP contribution >= 0.6 is 0 Å². The number of amides is 2. The van der Waals surface area contributed by atoms with Crippen LogP contribution in [0.4, 0.5) is 18.9 Å². The van der Waals surface area contributed by atoms with Crippen molar-refractivity contribution in [3.05, 3.63) is 72.2 Å². The zero-order valence-corrected chi connectivity index (χ0v) is 17.4. The molecule has 2 aromatic heterocycles. The SMILES string of the molecule is CNC(=O)c1cc(Oc2ccc(NC(=O)c3n[nH]c4ccc(OC(F)(F)F)cc34)cc2)ccn1. The number of alkyl halides is 3. The van der Waals surface area contributed by atoms with Crippen molar-refractivity contribution in [3.63, 3.8) is 0 Å². The van der Waals surface area contributed by atoms with E-state index in [1.807, 2.05) is 0 Å². The van der Waals surface area contributed by atoms with Crippen LogP contribution in [0.2, 0.25) is 0 Å². The van der Waals surface area contributed by atoms with Gasteiger partial charge in [0.05, 0.1) is 5.52 Å². The molecule has 2 heterocycles. The van der Waals surface area contributed by atoms with Crippen LogP contribution in [0, 0.1) is 0 Å². The maximum atomic E-state index is 12.7. The first-order chi connectivity index (χ1) is 16.2. The summed E-state index contributed by atoms with van der Waals surface area (Å²) < 4.78 is 47.1. The Morgan fingerprint density at radius 3 is 2.38 bits per heavy atom. The third-order valence-electron chi connectivity index (χ3n) is 4.52. The number of H-pyrrole nitrogens is 1. The van der Waals surface area contributed by atoms with Gasteiger partial charge in [-0.3, -0.25) is 19.7 Å². The summed E-state index contributed by atoms with van der Waals surface area (Å²) in [5.74, 6) is -0.621. The smallest absolute Gasteiger partial charge is 0.457 e. The van der Waals surface area contributed by atoms with Crippen LogP contribution in [0.1, 0.15) is 21.0 Å². The Morgan fingerprint density at radius 2 is 1.68 bits per heavy atom. The van der Waals surface area contributed by atoms with Crippen molar-refractivity contribution in [1.82, 2.24) is 20.5 Å². The van der Waals surface area contributed by atoms with Gasteiger partial charge in [0.2, 0.25) is 0 Å². The van der Waals surface area contributed by atoms with E-state index in [-0.39, 0.29) is 22.7 Å². The number of halogens is 3. The van der Waals surface area contributed by atoms with E-state index in [1.165, 1.54) is 25.4 Å². The molecule has 0 unspecified atom stereocenters. The molecule has 0 aliphatic rings. The van der Waals surface area contributed by atoms with Crippen LogP contribution in [0.3, 0.4) is 0 Å². The average molecular weight is 471 g/mol. The second-order valence-electron chi connectivity index (χ2n) is 6.86. The first kappa shape index (κ1) is 22.6. The largest absolute Gasteiger partial charge is 0.573 e. The molecule has 2 aromatic carbocycles. The molecule has 0 fully saturated rings. The monoisotopic (exact) mass is 471 g/mol. The number of fused-ring (bicyclic) bond motifs is 1. The lowest BCUT2D eigenvalue weighted by Crippen LogP contribution is -2.18. The maximum Gasteiger partial charge on any atom is 0.573 e. The first-order valence-electron chi connectivity index (χ1n) is 9.73. The molecule has 4 rings (SSSR count). The zero-order chi connectivity index (χ0) is 24.3. The molecule has 174 valence electrons. The standard InChI is InChI=1S/C22H16F3N5O4/c1-26-20(31)18-11-14(8-9-27-18)33-13-4-2-12(3-5-13)28-21(32)19-16-10-15(34-22(23,24)25)6-7-17(16)29-30-19/h2-11H,1H3,(H,26,31)(H,28,32)(H,29,30). The molecule has 3 N–H and O–H groups in total. The van der Waals surface area contributed by atoms with E-state index >= 15 is 0 Å². The van der Waals surface area contributed by atoms with Crippen molar-refractivity contribution < 1.29 is 32.2 Å². The Morgan fingerprint density at radius 1 is 0.941 bits per heavy atom. The number of pyridine rings is 1. The van der Waals surface area contributed by atoms with E-state index in [1.54, 1.807) is 30.3 Å². The van der Waals surface area contributed by atoms with E-state index in [9.17, 15) is 22.8 Å². The molecule has 0 saturated heterocycles. The van der Waals surface area contributed by atoms with Crippen molar-refractivity contribution in [3.8, 4) is 17.2 Å². The summed E-state index contributed by atoms with van der Waals surface area (Å²) in [4.78, 5) is 28.3. The first-order valence-corrected chi connectivity index (χ1v) is 9.73. The number of anilines is 1. The van der Waals surface area contributed by atoms with E-state index in [4.69, 9.17) is 4.74 Å². The van der Waals surface area contributed by atoms with Crippen LogP contribution in [0.25, 0.3) is 10.9 Å². The van der Waals surface area contributed by atoms with Gasteiger partial charge in [-0.15, -0.1) is 13.2 Å². The zero-order valence-electron chi connectivity index (χ0n) is 17.4. The molecular weight excluding hydrogens is 455 g/mol. The minimum Gasteiger partial charge on any atom is -0.457 e. The Balaban J connectivity index is 1.46. The quantitative estimate of drug-likeness (QED) is 0.387. The summed E-state index contributed by atoms with van der Waals surface area (Å²) in [6.07, 6.45) is -3.42. The number of hydrogen-bond acceptors (Lipinski definition) is 6. The maximum absolute atomic E-state index is 12.7. The predicted molar refractivity (Wildman–Crippen MR) is 115 cm³/mol. The number of rotatable bonds is 6. The number of benzene rings is 2. The number of hydrogen-bond donors (Lipinski definition) is 3. The van der Waals surface area contributed by atoms with Gasteiger partial charge in [-0.1, -0.05) is 0 Å². The van der Waals surface area contributed by atoms with Gasteiger partial charge in [0.1, 0.15) is 22.9 Å². The van der Waals surface area contributed by atoms with Gasteiger partial charge in [-0.25, -0.2) is 0 Å². The fraction of sp³-hybridized carbons (Fsp3) is 0.0909. The fourth-order valence-electron chi connectivity index (χ4n) is 3.02. The van der Waals surface area contributed by atoms with Gasteiger partial charge in [-0.2, -0.15) is 5.10 Å². The van der Waals surface area contributed by atoms with Crippen LogP contribution < -0.4 is 20.1 Å². The highest BCUT2D eigenvalue weighted by atomic mass is 19.4.